The lowest BCUT2D eigenvalue weighted by Gasteiger charge is -2.14. The van der Waals surface area contributed by atoms with E-state index in [9.17, 15) is 39.4 Å². The van der Waals surface area contributed by atoms with E-state index in [-0.39, 0.29) is 22.5 Å². The number of nitrogens with one attached hydrogen (secondary N) is 4. The summed E-state index contributed by atoms with van der Waals surface area (Å²) >= 11 is 0. The smallest absolute Gasteiger partial charge is 0.270 e. The normalized spacial score (nSPS) is 12.2. The van der Waals surface area contributed by atoms with Crippen molar-refractivity contribution >= 4 is 47.4 Å². The highest BCUT2D eigenvalue weighted by molar-refractivity contribution is 6.02. The van der Waals surface area contributed by atoms with E-state index < -0.39 is 45.6 Å². The van der Waals surface area contributed by atoms with Gasteiger partial charge < -0.3 is 10.6 Å². The highest BCUT2D eigenvalue weighted by atomic mass is 16.6. The van der Waals surface area contributed by atoms with E-state index in [4.69, 9.17) is 0 Å². The molecule has 3 aromatic rings. The lowest BCUT2D eigenvalue weighted by atomic mass is 10.1. The van der Waals surface area contributed by atoms with Crippen molar-refractivity contribution in [1.82, 2.24) is 21.5 Å². The van der Waals surface area contributed by atoms with Gasteiger partial charge in [0.2, 0.25) is 0 Å². The minimum atomic E-state index is -1.03. The molecule has 0 aliphatic carbocycles. The van der Waals surface area contributed by atoms with E-state index in [1.807, 2.05) is 0 Å². The molecule has 0 heterocycles. The summed E-state index contributed by atoms with van der Waals surface area (Å²) in [6.45, 7) is 2.82. The molecule has 2 atom stereocenters. The van der Waals surface area contributed by atoms with E-state index in [0.717, 1.165) is 0 Å². The Hall–Kier alpha value is -6.32. The van der Waals surface area contributed by atoms with Gasteiger partial charge in [-0.3, -0.25) is 39.4 Å². The Bertz CT molecular complexity index is 1540. The van der Waals surface area contributed by atoms with Gasteiger partial charge in [0.15, 0.2) is 0 Å². The zero-order valence-corrected chi connectivity index (χ0v) is 23.3. The number of hydrogen-bond donors (Lipinski definition) is 4. The summed E-state index contributed by atoms with van der Waals surface area (Å²) < 4.78 is 0. The third kappa shape index (κ3) is 9.37. The SMILES string of the molecule is C[C@H](NC(=O)c1cccc(C(=O)N[C@@H](C)C(=O)N/N=C/c2cccc([N+](=O)[O-])c2)c1)C(=O)N/N=C/c1cccc([N+](=O)[O-])c1. The van der Waals surface area contributed by atoms with Crippen LogP contribution in [0.3, 0.4) is 0 Å². The molecule has 0 unspecified atom stereocenters. The molecule has 0 aliphatic heterocycles. The van der Waals surface area contributed by atoms with Crippen molar-refractivity contribution in [3.63, 3.8) is 0 Å². The van der Waals surface area contributed by atoms with Crippen molar-refractivity contribution in [3.05, 3.63) is 115 Å². The number of amides is 4. The van der Waals surface area contributed by atoms with Crippen molar-refractivity contribution in [1.29, 1.82) is 0 Å². The summed E-state index contributed by atoms with van der Waals surface area (Å²) in [6, 6.07) is 14.7. The number of rotatable bonds is 12. The summed E-state index contributed by atoms with van der Waals surface area (Å²) in [5.41, 5.74) is 5.09. The molecular formula is C28H26N8O8. The molecule has 226 valence electrons. The van der Waals surface area contributed by atoms with Gasteiger partial charge in [-0.05, 0) is 32.0 Å². The van der Waals surface area contributed by atoms with Gasteiger partial charge in [-0.2, -0.15) is 10.2 Å². The number of benzene rings is 3. The fraction of sp³-hybridized carbons (Fsp3) is 0.143. The summed E-state index contributed by atoms with van der Waals surface area (Å²) in [7, 11) is 0. The lowest BCUT2D eigenvalue weighted by Crippen LogP contribution is -2.44. The monoisotopic (exact) mass is 602 g/mol. The van der Waals surface area contributed by atoms with Crippen LogP contribution in [0.15, 0.2) is 83.0 Å². The third-order valence-corrected chi connectivity index (χ3v) is 5.81. The molecule has 0 saturated carbocycles. The Balaban J connectivity index is 1.52. The van der Waals surface area contributed by atoms with Gasteiger partial charge in [0.1, 0.15) is 12.1 Å². The average molecular weight is 603 g/mol. The molecule has 4 N–H and O–H groups in total. The summed E-state index contributed by atoms with van der Waals surface area (Å²) in [5.74, 6) is -2.65. The van der Waals surface area contributed by atoms with Gasteiger partial charge in [-0.1, -0.05) is 30.3 Å². The fourth-order valence-corrected chi connectivity index (χ4v) is 3.46. The standard InChI is InChI=1S/C28H26N8O8/c1-17(25(37)33-29-15-19-6-3-10-23(12-19)35(41)42)31-27(39)21-8-5-9-22(14-21)28(40)32-18(2)26(38)34-30-16-20-7-4-11-24(13-20)36(43)44/h3-18H,1-2H3,(H,31,39)(H,32,40)(H,33,37)(H,34,38)/b29-15+,30-16+/t17-,18-/m0/s1. The Labute approximate surface area is 249 Å². The van der Waals surface area contributed by atoms with Crippen molar-refractivity contribution in [2.45, 2.75) is 25.9 Å². The second kappa shape index (κ2) is 15.1. The topological polar surface area (TPSA) is 227 Å². The number of carbonyl (C=O) groups is 4. The minimum absolute atomic E-state index is 0.0658. The molecule has 0 radical (unpaired) electrons. The molecular weight excluding hydrogens is 576 g/mol. The largest absolute Gasteiger partial charge is 0.340 e. The number of nitrogens with zero attached hydrogens (tertiary/aromatic N) is 4. The molecule has 0 bridgehead atoms. The maximum absolute atomic E-state index is 12.7. The number of nitro groups is 2. The van der Waals surface area contributed by atoms with Gasteiger partial charge >= 0.3 is 0 Å². The molecule has 0 aliphatic rings. The van der Waals surface area contributed by atoms with Crippen LogP contribution in [0.2, 0.25) is 0 Å². The summed E-state index contributed by atoms with van der Waals surface area (Å²) in [5, 5.41) is 34.2. The van der Waals surface area contributed by atoms with Crippen LogP contribution < -0.4 is 21.5 Å². The molecule has 3 rings (SSSR count). The second-order valence-corrected chi connectivity index (χ2v) is 9.14. The summed E-state index contributed by atoms with van der Waals surface area (Å²) in [6.07, 6.45) is 2.43. The molecule has 0 saturated heterocycles. The van der Waals surface area contributed by atoms with Gasteiger partial charge in [0, 0.05) is 46.5 Å². The highest BCUT2D eigenvalue weighted by Crippen LogP contribution is 2.12. The first-order valence-electron chi connectivity index (χ1n) is 12.8. The molecule has 0 aromatic heterocycles. The maximum atomic E-state index is 12.7. The van der Waals surface area contributed by atoms with Crippen molar-refractivity contribution < 1.29 is 29.0 Å². The Kier molecular flexibility index (Phi) is 11.0. The predicted octanol–water partition coefficient (Wildman–Crippen LogP) is 2.04. The van der Waals surface area contributed by atoms with E-state index in [1.54, 1.807) is 12.1 Å². The van der Waals surface area contributed by atoms with E-state index in [0.29, 0.717) is 11.1 Å². The van der Waals surface area contributed by atoms with Gasteiger partial charge in [-0.15, -0.1) is 0 Å². The van der Waals surface area contributed by atoms with Crippen LogP contribution in [0.25, 0.3) is 0 Å². The maximum Gasteiger partial charge on any atom is 0.270 e. The average Bonchev–Trinajstić information content (AvgIpc) is 3.01. The number of hydrazone groups is 2. The van der Waals surface area contributed by atoms with Crippen molar-refractivity contribution in [2.75, 3.05) is 0 Å². The van der Waals surface area contributed by atoms with Crippen LogP contribution in [0.5, 0.6) is 0 Å². The van der Waals surface area contributed by atoms with Crippen LogP contribution in [0.4, 0.5) is 11.4 Å². The predicted molar refractivity (Wildman–Crippen MR) is 158 cm³/mol. The van der Waals surface area contributed by atoms with Crippen molar-refractivity contribution in [3.8, 4) is 0 Å². The van der Waals surface area contributed by atoms with Crippen LogP contribution >= 0.6 is 0 Å². The molecule has 3 aromatic carbocycles. The number of hydrogen-bond acceptors (Lipinski definition) is 10. The lowest BCUT2D eigenvalue weighted by molar-refractivity contribution is -0.385. The Morgan fingerprint density at radius 3 is 1.43 bits per heavy atom. The molecule has 4 amide bonds. The minimum Gasteiger partial charge on any atom is -0.340 e. The molecule has 16 heteroatoms. The first-order valence-corrected chi connectivity index (χ1v) is 12.8. The molecule has 16 nitrogen and oxygen atoms in total. The number of carbonyl (C=O) groups excluding carboxylic acids is 4. The quantitative estimate of drug-likeness (QED) is 0.136. The zero-order chi connectivity index (χ0) is 32.2. The highest BCUT2D eigenvalue weighted by Gasteiger charge is 2.19. The van der Waals surface area contributed by atoms with Crippen LogP contribution in [0, 0.1) is 20.2 Å². The van der Waals surface area contributed by atoms with E-state index in [2.05, 4.69) is 31.7 Å². The third-order valence-electron chi connectivity index (χ3n) is 5.81. The van der Waals surface area contributed by atoms with Gasteiger partial charge in [-0.25, -0.2) is 10.9 Å². The van der Waals surface area contributed by atoms with E-state index in [1.165, 1.54) is 86.9 Å². The van der Waals surface area contributed by atoms with Crippen LogP contribution in [-0.2, 0) is 9.59 Å². The summed E-state index contributed by atoms with van der Waals surface area (Å²) in [4.78, 5) is 70.7. The van der Waals surface area contributed by atoms with E-state index >= 15 is 0 Å². The molecule has 0 fully saturated rings. The molecule has 44 heavy (non-hydrogen) atoms. The number of non-ortho nitro benzene ring substituents is 2. The fourth-order valence-electron chi connectivity index (χ4n) is 3.46. The van der Waals surface area contributed by atoms with Gasteiger partial charge in [0.05, 0.1) is 22.3 Å². The number of nitro benzene ring substituents is 2. The van der Waals surface area contributed by atoms with Crippen LogP contribution in [-0.4, -0.2) is 58.0 Å². The van der Waals surface area contributed by atoms with Gasteiger partial charge in [0.25, 0.3) is 35.0 Å². The Morgan fingerprint density at radius 2 is 1.05 bits per heavy atom. The first-order chi connectivity index (χ1) is 20.9. The molecule has 0 spiro atoms. The van der Waals surface area contributed by atoms with Crippen LogP contribution in [0.1, 0.15) is 45.7 Å². The Morgan fingerprint density at radius 1 is 0.659 bits per heavy atom. The first kappa shape index (κ1) is 32.2. The van der Waals surface area contributed by atoms with Crippen molar-refractivity contribution in [2.24, 2.45) is 10.2 Å². The zero-order valence-electron chi connectivity index (χ0n) is 23.3. The second-order valence-electron chi connectivity index (χ2n) is 9.14.